The number of benzene rings is 6. The van der Waals surface area contributed by atoms with Crippen molar-refractivity contribution >= 4 is 34.1 Å². The molecule has 1 fully saturated rings. The minimum Gasteiger partial charge on any atom is -0.399 e. The molecule has 2 heterocycles. The third kappa shape index (κ3) is 5.50. The Balaban J connectivity index is 1.22. The zero-order valence-corrected chi connectivity index (χ0v) is 26.9. The standard InChI is InChI=1S/C41H34BN3O2/c1-40(2)41(3,4)47-42(46-40)36-18-10-16-32(26-36)31-15-9-17-33(25-31)37-43-38(34-21-19-27-11-5-7-13-29(27)23-34)45-39(44-37)35-22-20-28-12-6-8-14-30(28)24-35/h5-26H,1-4H3. The summed E-state index contributed by atoms with van der Waals surface area (Å²) in [6.07, 6.45) is 0. The van der Waals surface area contributed by atoms with Gasteiger partial charge >= 0.3 is 7.12 Å². The van der Waals surface area contributed by atoms with Crippen LogP contribution in [0.25, 0.3) is 66.8 Å². The van der Waals surface area contributed by atoms with Crippen LogP contribution >= 0.6 is 0 Å². The van der Waals surface area contributed by atoms with Crippen LogP contribution in [-0.2, 0) is 9.31 Å². The van der Waals surface area contributed by atoms with Gasteiger partial charge in [0.25, 0.3) is 0 Å². The number of rotatable bonds is 5. The molecule has 6 heteroatoms. The van der Waals surface area contributed by atoms with E-state index in [1.165, 1.54) is 10.8 Å². The lowest BCUT2D eigenvalue weighted by Crippen LogP contribution is -2.41. The highest BCUT2D eigenvalue weighted by atomic mass is 16.7. The lowest BCUT2D eigenvalue weighted by Gasteiger charge is -2.32. The summed E-state index contributed by atoms with van der Waals surface area (Å²) in [7, 11) is -0.430. The van der Waals surface area contributed by atoms with Crippen LogP contribution in [-0.4, -0.2) is 33.3 Å². The van der Waals surface area contributed by atoms with Crippen molar-refractivity contribution in [2.24, 2.45) is 0 Å². The minimum atomic E-state index is -0.430. The van der Waals surface area contributed by atoms with E-state index in [4.69, 9.17) is 24.3 Å². The first-order valence-corrected chi connectivity index (χ1v) is 16.0. The Morgan fingerprint density at radius 1 is 0.404 bits per heavy atom. The fourth-order valence-corrected chi connectivity index (χ4v) is 6.10. The van der Waals surface area contributed by atoms with Gasteiger partial charge in [0, 0.05) is 16.7 Å². The molecule has 5 nitrogen and oxygen atoms in total. The maximum Gasteiger partial charge on any atom is 0.494 e. The van der Waals surface area contributed by atoms with Crippen molar-refractivity contribution in [3.8, 4) is 45.3 Å². The molecule has 6 aromatic carbocycles. The third-order valence-corrected chi connectivity index (χ3v) is 9.52. The van der Waals surface area contributed by atoms with Gasteiger partial charge in [0.1, 0.15) is 0 Å². The van der Waals surface area contributed by atoms with Gasteiger partial charge < -0.3 is 9.31 Å². The van der Waals surface area contributed by atoms with Crippen LogP contribution in [0, 0.1) is 0 Å². The van der Waals surface area contributed by atoms with Crippen molar-refractivity contribution in [1.29, 1.82) is 0 Å². The molecule has 8 rings (SSSR count). The van der Waals surface area contributed by atoms with Gasteiger partial charge in [-0.05, 0) is 84.0 Å². The molecule has 0 bridgehead atoms. The molecule has 228 valence electrons. The highest BCUT2D eigenvalue weighted by molar-refractivity contribution is 6.62. The average molecular weight is 612 g/mol. The highest BCUT2D eigenvalue weighted by Crippen LogP contribution is 2.37. The molecule has 0 unspecified atom stereocenters. The van der Waals surface area contributed by atoms with E-state index < -0.39 is 18.3 Å². The van der Waals surface area contributed by atoms with Crippen molar-refractivity contribution in [3.63, 3.8) is 0 Å². The molecule has 1 saturated heterocycles. The van der Waals surface area contributed by atoms with Gasteiger partial charge in [-0.25, -0.2) is 15.0 Å². The summed E-state index contributed by atoms with van der Waals surface area (Å²) in [5.41, 5.74) is 5.11. The Labute approximate surface area is 275 Å². The predicted molar refractivity (Wildman–Crippen MR) is 192 cm³/mol. The van der Waals surface area contributed by atoms with Crippen molar-refractivity contribution < 1.29 is 9.31 Å². The molecule has 1 aliphatic rings. The van der Waals surface area contributed by atoms with Gasteiger partial charge in [0.15, 0.2) is 17.5 Å². The zero-order chi connectivity index (χ0) is 32.2. The molecule has 0 aliphatic carbocycles. The molecule has 7 aromatic rings. The summed E-state index contributed by atoms with van der Waals surface area (Å²) >= 11 is 0. The first-order valence-electron chi connectivity index (χ1n) is 16.0. The van der Waals surface area contributed by atoms with Gasteiger partial charge in [-0.3, -0.25) is 0 Å². The highest BCUT2D eigenvalue weighted by Gasteiger charge is 2.51. The topological polar surface area (TPSA) is 57.1 Å². The summed E-state index contributed by atoms with van der Waals surface area (Å²) in [6, 6.07) is 46.2. The third-order valence-electron chi connectivity index (χ3n) is 9.52. The van der Waals surface area contributed by atoms with E-state index in [9.17, 15) is 0 Å². The van der Waals surface area contributed by atoms with Gasteiger partial charge in [-0.15, -0.1) is 0 Å². The van der Waals surface area contributed by atoms with Crippen LogP contribution in [0.4, 0.5) is 0 Å². The summed E-state index contributed by atoms with van der Waals surface area (Å²) < 4.78 is 12.7. The second-order valence-corrected chi connectivity index (χ2v) is 13.2. The van der Waals surface area contributed by atoms with Crippen molar-refractivity contribution in [2.75, 3.05) is 0 Å². The molecule has 1 aromatic heterocycles. The fraction of sp³-hybridized carbons (Fsp3) is 0.146. The minimum absolute atomic E-state index is 0.405. The Morgan fingerprint density at radius 3 is 1.36 bits per heavy atom. The van der Waals surface area contributed by atoms with Crippen LogP contribution in [0.3, 0.4) is 0 Å². The van der Waals surface area contributed by atoms with Crippen molar-refractivity contribution in [3.05, 3.63) is 133 Å². The molecular formula is C41H34BN3O2. The number of fused-ring (bicyclic) bond motifs is 2. The van der Waals surface area contributed by atoms with Crippen LogP contribution in [0.2, 0.25) is 0 Å². The molecule has 47 heavy (non-hydrogen) atoms. The smallest absolute Gasteiger partial charge is 0.399 e. The average Bonchev–Trinajstić information content (AvgIpc) is 3.33. The molecule has 1 aliphatic heterocycles. The second-order valence-electron chi connectivity index (χ2n) is 13.2. The summed E-state index contributed by atoms with van der Waals surface area (Å²) in [4.78, 5) is 15.1. The van der Waals surface area contributed by atoms with Crippen molar-refractivity contribution in [2.45, 2.75) is 38.9 Å². The van der Waals surface area contributed by atoms with Gasteiger partial charge in [0.05, 0.1) is 11.2 Å². The number of aromatic nitrogens is 3. The molecule has 0 amide bonds. The second kappa shape index (κ2) is 11.3. The van der Waals surface area contributed by atoms with Crippen LogP contribution < -0.4 is 5.46 Å². The Morgan fingerprint density at radius 2 is 0.830 bits per heavy atom. The summed E-state index contributed by atoms with van der Waals surface area (Å²) in [5, 5.41) is 4.64. The van der Waals surface area contributed by atoms with Crippen LogP contribution in [0.5, 0.6) is 0 Å². The monoisotopic (exact) mass is 611 g/mol. The van der Waals surface area contributed by atoms with E-state index >= 15 is 0 Å². The van der Waals surface area contributed by atoms with E-state index in [0.29, 0.717) is 17.5 Å². The van der Waals surface area contributed by atoms with Crippen LogP contribution in [0.15, 0.2) is 133 Å². The number of hydrogen-bond donors (Lipinski definition) is 0. The predicted octanol–water partition coefficient (Wildman–Crippen LogP) is 9.15. The quantitative estimate of drug-likeness (QED) is 0.182. The summed E-state index contributed by atoms with van der Waals surface area (Å²) in [6.45, 7) is 8.31. The Kier molecular flexibility index (Phi) is 7.01. The number of hydrogen-bond acceptors (Lipinski definition) is 5. The van der Waals surface area contributed by atoms with Crippen molar-refractivity contribution in [1.82, 2.24) is 15.0 Å². The first kappa shape index (κ1) is 29.3. The van der Waals surface area contributed by atoms with Gasteiger partial charge in [0.2, 0.25) is 0 Å². The Hall–Kier alpha value is -5.17. The van der Waals surface area contributed by atoms with E-state index in [1.807, 2.05) is 0 Å². The zero-order valence-electron chi connectivity index (χ0n) is 26.9. The van der Waals surface area contributed by atoms with E-state index in [-0.39, 0.29) is 0 Å². The molecule has 0 saturated carbocycles. The Bertz CT molecular complexity index is 2180. The number of nitrogens with zero attached hydrogens (tertiary/aromatic N) is 3. The molecular weight excluding hydrogens is 577 g/mol. The van der Waals surface area contributed by atoms with E-state index in [1.54, 1.807) is 0 Å². The maximum atomic E-state index is 6.35. The lowest BCUT2D eigenvalue weighted by atomic mass is 9.78. The molecule has 0 atom stereocenters. The van der Waals surface area contributed by atoms with E-state index in [2.05, 4.69) is 161 Å². The first-order chi connectivity index (χ1) is 22.7. The normalized spacial score (nSPS) is 15.4. The fourth-order valence-electron chi connectivity index (χ4n) is 6.10. The summed E-state index contributed by atoms with van der Waals surface area (Å²) in [5.74, 6) is 1.89. The maximum absolute atomic E-state index is 6.35. The van der Waals surface area contributed by atoms with Crippen LogP contribution in [0.1, 0.15) is 27.7 Å². The van der Waals surface area contributed by atoms with Gasteiger partial charge in [-0.2, -0.15) is 0 Å². The largest absolute Gasteiger partial charge is 0.494 e. The molecule has 0 spiro atoms. The van der Waals surface area contributed by atoms with E-state index in [0.717, 1.165) is 44.1 Å². The SMILES string of the molecule is CC1(C)OB(c2cccc(-c3cccc(-c4nc(-c5ccc6ccccc6c5)nc(-c5ccc6ccccc6c5)n4)c3)c2)OC1(C)C. The molecule has 0 N–H and O–H groups in total. The lowest BCUT2D eigenvalue weighted by molar-refractivity contribution is 0.00578. The van der Waals surface area contributed by atoms with Gasteiger partial charge in [-0.1, -0.05) is 115 Å². The molecule has 0 radical (unpaired) electrons.